The van der Waals surface area contributed by atoms with Gasteiger partial charge in [0.05, 0.1) is 31.0 Å². The number of hydroxylamine groups is 2. The molecule has 3 rings (SSSR count). The Morgan fingerprint density at radius 3 is 2.47 bits per heavy atom. The topological polar surface area (TPSA) is 140 Å². The number of quaternary nitrogens is 1. The molecule has 0 aromatic rings. The van der Waals surface area contributed by atoms with Crippen molar-refractivity contribution in [3.8, 4) is 6.07 Å². The number of carbonyl (C=O) groups excluding carboxylic acids is 4. The Morgan fingerprint density at radius 2 is 1.91 bits per heavy atom. The van der Waals surface area contributed by atoms with E-state index in [9.17, 15) is 24.4 Å². The number of nitrogens with zero attached hydrogens (tertiary/aromatic N) is 3. The van der Waals surface area contributed by atoms with E-state index in [0.717, 1.165) is 25.7 Å². The largest absolute Gasteiger partial charge is 0.432 e. The SMILES string of the molecule is C[C@@H]1CCC[N+]1(C(=O)NC(=O)NC1CC(C#N)C1)C(=O)[C@H](CC1CCCC1)CN(O)C=O. The summed E-state index contributed by atoms with van der Waals surface area (Å²) in [5, 5.41) is 24.2. The van der Waals surface area contributed by atoms with E-state index in [2.05, 4.69) is 16.7 Å². The quantitative estimate of drug-likeness (QED) is 0.236. The van der Waals surface area contributed by atoms with E-state index in [1.165, 1.54) is 0 Å². The summed E-state index contributed by atoms with van der Waals surface area (Å²) in [7, 11) is 0. The highest BCUT2D eigenvalue weighted by Gasteiger charge is 2.55. The first-order valence-corrected chi connectivity index (χ1v) is 11.6. The summed E-state index contributed by atoms with van der Waals surface area (Å²) < 4.78 is -0.497. The van der Waals surface area contributed by atoms with Crippen LogP contribution in [0.3, 0.4) is 0 Å². The second kappa shape index (κ2) is 10.4. The Kier molecular flexibility index (Phi) is 7.85. The van der Waals surface area contributed by atoms with Crippen LogP contribution in [0.25, 0.3) is 0 Å². The predicted octanol–water partition coefficient (Wildman–Crippen LogP) is 2.28. The highest BCUT2D eigenvalue weighted by Crippen LogP contribution is 2.36. The molecular formula is C22H34N5O5+. The van der Waals surface area contributed by atoms with Gasteiger partial charge in [0.2, 0.25) is 6.41 Å². The van der Waals surface area contributed by atoms with E-state index in [0.29, 0.717) is 43.1 Å². The number of amides is 6. The summed E-state index contributed by atoms with van der Waals surface area (Å²) in [6.07, 6.45) is 7.38. The standard InChI is InChI=1S/C22H33N5O5/c1-15-5-4-8-27(15,22(31)25-21(30)24-19-10-17(11-19)12-23)20(29)18(13-26(32)14-28)9-16-6-2-3-7-16/h14-19,32H,2-11,13H2,1H3,(H-,24,25,30,31)/p+1/t15-,17?,18-,19?,27?/m1/s1. The number of likely N-dealkylation sites (tertiary alicyclic amines) is 1. The van der Waals surface area contributed by atoms with Crippen molar-refractivity contribution in [1.29, 1.82) is 5.26 Å². The van der Waals surface area contributed by atoms with Gasteiger partial charge >= 0.3 is 18.0 Å². The molecule has 1 saturated heterocycles. The lowest BCUT2D eigenvalue weighted by molar-refractivity contribution is -0.786. The van der Waals surface area contributed by atoms with Gasteiger partial charge < -0.3 is 5.32 Å². The summed E-state index contributed by atoms with van der Waals surface area (Å²) >= 11 is 0. The van der Waals surface area contributed by atoms with Crippen molar-refractivity contribution in [3.63, 3.8) is 0 Å². The normalized spacial score (nSPS) is 30.6. The molecule has 0 radical (unpaired) electrons. The second-order valence-electron chi connectivity index (χ2n) is 9.63. The molecule has 2 saturated carbocycles. The molecule has 1 aliphatic heterocycles. The molecule has 1 unspecified atom stereocenters. The summed E-state index contributed by atoms with van der Waals surface area (Å²) in [5.74, 6) is -0.794. The number of hydrogen-bond acceptors (Lipinski definition) is 6. The Morgan fingerprint density at radius 1 is 1.22 bits per heavy atom. The molecule has 32 heavy (non-hydrogen) atoms. The number of hydrogen-bond donors (Lipinski definition) is 3. The van der Waals surface area contributed by atoms with Crippen LogP contribution in [0.2, 0.25) is 0 Å². The van der Waals surface area contributed by atoms with Crippen LogP contribution in [-0.2, 0) is 9.59 Å². The fourth-order valence-corrected chi connectivity index (χ4v) is 5.56. The summed E-state index contributed by atoms with van der Waals surface area (Å²) in [4.78, 5) is 50.6. The van der Waals surface area contributed by atoms with Crippen molar-refractivity contribution >= 4 is 24.4 Å². The average Bonchev–Trinajstić information content (AvgIpc) is 3.39. The molecule has 3 aliphatic rings. The Hall–Kier alpha value is -2.51. The van der Waals surface area contributed by atoms with Crippen molar-refractivity contribution < 1.29 is 28.9 Å². The van der Waals surface area contributed by atoms with E-state index < -0.39 is 22.5 Å². The molecule has 0 bridgehead atoms. The van der Waals surface area contributed by atoms with Crippen LogP contribution in [0.15, 0.2) is 0 Å². The fraction of sp³-hybridized carbons (Fsp3) is 0.773. The van der Waals surface area contributed by atoms with Gasteiger partial charge in [-0.3, -0.25) is 10.0 Å². The molecule has 2 aliphatic carbocycles. The number of imide groups is 2. The van der Waals surface area contributed by atoms with Crippen LogP contribution in [-0.4, -0.2) is 64.3 Å². The molecule has 0 aromatic carbocycles. The van der Waals surface area contributed by atoms with Crippen molar-refractivity contribution in [3.05, 3.63) is 0 Å². The van der Waals surface area contributed by atoms with E-state index in [1.54, 1.807) is 0 Å². The maximum Gasteiger partial charge on any atom is 0.432 e. The fourth-order valence-electron chi connectivity index (χ4n) is 5.56. The number of nitrogens with one attached hydrogen (secondary N) is 2. The van der Waals surface area contributed by atoms with Gasteiger partial charge in [-0.1, -0.05) is 25.7 Å². The molecule has 10 heteroatoms. The lowest BCUT2D eigenvalue weighted by atomic mass is 9.81. The number of urea groups is 2. The van der Waals surface area contributed by atoms with Crippen LogP contribution in [0.1, 0.15) is 64.7 Å². The van der Waals surface area contributed by atoms with Gasteiger partial charge in [-0.2, -0.15) is 9.74 Å². The Balaban J connectivity index is 1.73. The molecule has 3 atom stereocenters. The smallest absolute Gasteiger partial charge is 0.335 e. The van der Waals surface area contributed by atoms with Crippen molar-refractivity contribution in [1.82, 2.24) is 15.7 Å². The zero-order valence-electron chi connectivity index (χ0n) is 18.7. The Bertz CT molecular complexity index is 771. The van der Waals surface area contributed by atoms with Crippen LogP contribution < -0.4 is 10.6 Å². The molecule has 3 N–H and O–H groups in total. The summed E-state index contributed by atoms with van der Waals surface area (Å²) in [5.41, 5.74) is 0. The van der Waals surface area contributed by atoms with E-state index in [1.807, 2.05) is 6.92 Å². The zero-order chi connectivity index (χ0) is 23.3. The number of nitriles is 1. The van der Waals surface area contributed by atoms with Gasteiger partial charge in [-0.15, -0.1) is 0 Å². The summed E-state index contributed by atoms with van der Waals surface area (Å²) in [6, 6.07) is 0.352. The van der Waals surface area contributed by atoms with Gasteiger partial charge in [0.25, 0.3) is 0 Å². The highest BCUT2D eigenvalue weighted by molar-refractivity contribution is 5.95. The third-order valence-corrected chi connectivity index (χ3v) is 7.49. The van der Waals surface area contributed by atoms with Gasteiger partial charge in [0.15, 0.2) is 0 Å². The van der Waals surface area contributed by atoms with Gasteiger partial charge in [0, 0.05) is 18.9 Å². The molecule has 1 heterocycles. The van der Waals surface area contributed by atoms with Crippen LogP contribution in [0.4, 0.5) is 9.59 Å². The molecule has 6 amide bonds. The minimum absolute atomic E-state index is 0.0786. The van der Waals surface area contributed by atoms with Crippen LogP contribution >= 0.6 is 0 Å². The minimum Gasteiger partial charge on any atom is -0.335 e. The second-order valence-corrected chi connectivity index (χ2v) is 9.63. The van der Waals surface area contributed by atoms with E-state index >= 15 is 0 Å². The third-order valence-electron chi connectivity index (χ3n) is 7.49. The van der Waals surface area contributed by atoms with Crippen molar-refractivity contribution in [2.75, 3.05) is 13.1 Å². The predicted molar refractivity (Wildman–Crippen MR) is 113 cm³/mol. The highest BCUT2D eigenvalue weighted by atomic mass is 16.5. The molecular weight excluding hydrogens is 414 g/mol. The summed E-state index contributed by atoms with van der Waals surface area (Å²) in [6.45, 7) is 1.95. The average molecular weight is 449 g/mol. The Labute approximate surface area is 188 Å². The maximum absolute atomic E-state index is 13.8. The lowest BCUT2D eigenvalue weighted by Crippen LogP contribution is -2.66. The maximum atomic E-state index is 13.8. The van der Waals surface area contributed by atoms with Gasteiger partial charge in [0.1, 0.15) is 6.04 Å². The lowest BCUT2D eigenvalue weighted by Gasteiger charge is -2.36. The molecule has 0 spiro atoms. The van der Waals surface area contributed by atoms with Crippen molar-refractivity contribution in [2.24, 2.45) is 17.8 Å². The van der Waals surface area contributed by atoms with Crippen molar-refractivity contribution in [2.45, 2.75) is 76.8 Å². The zero-order valence-corrected chi connectivity index (χ0v) is 18.7. The van der Waals surface area contributed by atoms with Crippen LogP contribution in [0, 0.1) is 29.1 Å². The first-order chi connectivity index (χ1) is 15.3. The molecule has 176 valence electrons. The van der Waals surface area contributed by atoms with Crippen LogP contribution in [0.5, 0.6) is 0 Å². The molecule has 0 aromatic heterocycles. The van der Waals surface area contributed by atoms with Gasteiger partial charge in [-0.25, -0.2) is 24.8 Å². The monoisotopic (exact) mass is 448 g/mol. The molecule has 3 fully saturated rings. The first kappa shape index (κ1) is 24.1. The van der Waals surface area contributed by atoms with E-state index in [4.69, 9.17) is 5.26 Å². The first-order valence-electron chi connectivity index (χ1n) is 11.6. The number of rotatable bonds is 7. The van der Waals surface area contributed by atoms with E-state index in [-0.39, 0.29) is 43.4 Å². The number of carbonyl (C=O) groups is 4. The third kappa shape index (κ3) is 5.10. The van der Waals surface area contributed by atoms with Gasteiger partial charge in [-0.05, 0) is 32.1 Å². The minimum atomic E-state index is -0.689. The molecule has 10 nitrogen and oxygen atoms in total.